The summed E-state index contributed by atoms with van der Waals surface area (Å²) in [6, 6.07) is 8.42. The summed E-state index contributed by atoms with van der Waals surface area (Å²) in [5, 5.41) is 0. The Morgan fingerprint density at radius 3 is 3.00 bits per heavy atom. The first-order chi connectivity index (χ1) is 8.31. The first-order valence-corrected chi connectivity index (χ1v) is 6.52. The molecular formula is C15H20O2. The van der Waals surface area contributed by atoms with Crippen molar-refractivity contribution in [3.05, 3.63) is 35.4 Å². The number of benzene rings is 1. The number of ether oxygens (including phenoxy) is 1. The van der Waals surface area contributed by atoms with Crippen LogP contribution in [0.4, 0.5) is 0 Å². The smallest absolute Gasteiger partial charge is 0.133 e. The van der Waals surface area contributed by atoms with Gasteiger partial charge in [-0.15, -0.1) is 0 Å². The number of hydrogen-bond acceptors (Lipinski definition) is 2. The second-order valence-electron chi connectivity index (χ2n) is 4.64. The third-order valence-corrected chi connectivity index (χ3v) is 3.31. The van der Waals surface area contributed by atoms with Gasteiger partial charge in [-0.05, 0) is 30.4 Å². The van der Waals surface area contributed by atoms with E-state index in [1.54, 1.807) is 0 Å². The zero-order valence-corrected chi connectivity index (χ0v) is 10.4. The zero-order chi connectivity index (χ0) is 12.1. The van der Waals surface area contributed by atoms with Crippen molar-refractivity contribution in [3.63, 3.8) is 0 Å². The highest BCUT2D eigenvalue weighted by Crippen LogP contribution is 2.30. The van der Waals surface area contributed by atoms with Gasteiger partial charge in [-0.1, -0.05) is 31.2 Å². The Hall–Kier alpha value is -1.15. The summed E-state index contributed by atoms with van der Waals surface area (Å²) in [4.78, 5) is 11.5. The molecule has 2 nitrogen and oxygen atoms in total. The Morgan fingerprint density at radius 2 is 2.18 bits per heavy atom. The van der Waals surface area contributed by atoms with Gasteiger partial charge in [0.05, 0.1) is 12.7 Å². The van der Waals surface area contributed by atoms with Crippen LogP contribution in [-0.4, -0.2) is 12.4 Å². The molecule has 0 saturated heterocycles. The number of rotatable bonds is 5. The Bertz CT molecular complexity index is 384. The number of fused-ring (bicyclic) bond motifs is 1. The van der Waals surface area contributed by atoms with E-state index in [1.807, 2.05) is 13.0 Å². The summed E-state index contributed by atoms with van der Waals surface area (Å²) in [6.45, 7) is 2.83. The van der Waals surface area contributed by atoms with Crippen LogP contribution in [0.3, 0.4) is 0 Å². The lowest BCUT2D eigenvalue weighted by Crippen LogP contribution is -2.17. The van der Waals surface area contributed by atoms with Crippen LogP contribution < -0.4 is 0 Å². The molecule has 1 aromatic rings. The minimum atomic E-state index is 0.126. The molecule has 1 heterocycles. The third-order valence-electron chi connectivity index (χ3n) is 3.31. The molecule has 0 saturated carbocycles. The molecule has 92 valence electrons. The van der Waals surface area contributed by atoms with Gasteiger partial charge < -0.3 is 4.74 Å². The van der Waals surface area contributed by atoms with Crippen molar-refractivity contribution in [1.82, 2.24) is 0 Å². The molecule has 0 bridgehead atoms. The van der Waals surface area contributed by atoms with E-state index in [-0.39, 0.29) is 6.10 Å². The highest BCUT2D eigenvalue weighted by atomic mass is 16.5. The summed E-state index contributed by atoms with van der Waals surface area (Å²) in [5.74, 6) is 0.360. The molecule has 0 fully saturated rings. The van der Waals surface area contributed by atoms with E-state index in [2.05, 4.69) is 18.2 Å². The summed E-state index contributed by atoms with van der Waals surface area (Å²) in [5.41, 5.74) is 2.66. The van der Waals surface area contributed by atoms with Crippen LogP contribution >= 0.6 is 0 Å². The molecule has 1 aliphatic rings. The van der Waals surface area contributed by atoms with Crippen molar-refractivity contribution in [3.8, 4) is 0 Å². The van der Waals surface area contributed by atoms with E-state index in [0.29, 0.717) is 18.6 Å². The molecule has 1 aromatic carbocycles. The summed E-state index contributed by atoms with van der Waals surface area (Å²) < 4.78 is 5.78. The Morgan fingerprint density at radius 1 is 1.35 bits per heavy atom. The Balaban J connectivity index is 1.97. The minimum Gasteiger partial charge on any atom is -0.373 e. The second-order valence-corrected chi connectivity index (χ2v) is 4.64. The highest BCUT2D eigenvalue weighted by molar-refractivity contribution is 5.78. The molecule has 17 heavy (non-hydrogen) atoms. The van der Waals surface area contributed by atoms with Crippen LogP contribution in [0.2, 0.25) is 0 Å². The fourth-order valence-electron chi connectivity index (χ4n) is 2.41. The van der Waals surface area contributed by atoms with Gasteiger partial charge in [0.2, 0.25) is 0 Å². The SMILES string of the molecule is CCCC(=O)CCC1OCCc2ccccc21. The lowest BCUT2D eigenvalue weighted by Gasteiger charge is -2.25. The van der Waals surface area contributed by atoms with E-state index in [9.17, 15) is 4.79 Å². The van der Waals surface area contributed by atoms with Crippen molar-refractivity contribution in [2.45, 2.75) is 45.1 Å². The number of carbonyl (C=O) groups is 1. The molecular weight excluding hydrogens is 212 g/mol. The zero-order valence-electron chi connectivity index (χ0n) is 10.4. The number of Topliss-reactive ketones (excluding diaryl/α,β-unsaturated/α-hetero) is 1. The fourth-order valence-corrected chi connectivity index (χ4v) is 2.41. The highest BCUT2D eigenvalue weighted by Gasteiger charge is 2.20. The molecule has 0 aliphatic carbocycles. The molecule has 2 rings (SSSR count). The maximum Gasteiger partial charge on any atom is 0.133 e. The van der Waals surface area contributed by atoms with Crippen molar-refractivity contribution in [1.29, 1.82) is 0 Å². The second kappa shape index (κ2) is 5.97. The average molecular weight is 232 g/mol. The van der Waals surface area contributed by atoms with E-state index in [4.69, 9.17) is 4.74 Å². The summed E-state index contributed by atoms with van der Waals surface area (Å²) >= 11 is 0. The fraction of sp³-hybridized carbons (Fsp3) is 0.533. The van der Waals surface area contributed by atoms with Crippen molar-refractivity contribution in [2.75, 3.05) is 6.61 Å². The molecule has 0 aromatic heterocycles. The van der Waals surface area contributed by atoms with Gasteiger partial charge in [-0.2, -0.15) is 0 Å². The van der Waals surface area contributed by atoms with E-state index in [1.165, 1.54) is 11.1 Å². The van der Waals surface area contributed by atoms with Gasteiger partial charge in [0, 0.05) is 12.8 Å². The van der Waals surface area contributed by atoms with Crippen molar-refractivity contribution < 1.29 is 9.53 Å². The van der Waals surface area contributed by atoms with E-state index < -0.39 is 0 Å². The number of carbonyl (C=O) groups excluding carboxylic acids is 1. The van der Waals surface area contributed by atoms with Crippen LogP contribution in [-0.2, 0) is 16.0 Å². The van der Waals surface area contributed by atoms with Crippen LogP contribution in [0.5, 0.6) is 0 Å². The minimum absolute atomic E-state index is 0.126. The van der Waals surface area contributed by atoms with Crippen LogP contribution in [0.25, 0.3) is 0 Å². The Kier molecular flexibility index (Phi) is 4.32. The Labute approximate surface area is 103 Å². The normalized spacial score (nSPS) is 18.8. The molecule has 1 atom stereocenters. The van der Waals surface area contributed by atoms with Crippen molar-refractivity contribution >= 4 is 5.78 Å². The average Bonchev–Trinajstić information content (AvgIpc) is 2.36. The first kappa shape index (κ1) is 12.3. The molecule has 2 heteroatoms. The quantitative estimate of drug-likeness (QED) is 0.777. The number of hydrogen-bond donors (Lipinski definition) is 0. The van der Waals surface area contributed by atoms with Gasteiger partial charge in [-0.25, -0.2) is 0 Å². The first-order valence-electron chi connectivity index (χ1n) is 6.52. The van der Waals surface area contributed by atoms with E-state index >= 15 is 0 Å². The summed E-state index contributed by atoms with van der Waals surface area (Å²) in [6.07, 6.45) is 4.24. The summed E-state index contributed by atoms with van der Waals surface area (Å²) in [7, 11) is 0. The molecule has 0 spiro atoms. The van der Waals surface area contributed by atoms with Gasteiger partial charge in [-0.3, -0.25) is 4.79 Å². The van der Waals surface area contributed by atoms with Gasteiger partial charge >= 0.3 is 0 Å². The van der Waals surface area contributed by atoms with Crippen LogP contribution in [0, 0.1) is 0 Å². The molecule has 0 amide bonds. The third kappa shape index (κ3) is 3.16. The maximum absolute atomic E-state index is 11.5. The van der Waals surface area contributed by atoms with Crippen LogP contribution in [0.15, 0.2) is 24.3 Å². The number of ketones is 1. The maximum atomic E-state index is 11.5. The van der Waals surface area contributed by atoms with Gasteiger partial charge in [0.25, 0.3) is 0 Å². The lowest BCUT2D eigenvalue weighted by atomic mass is 9.94. The monoisotopic (exact) mass is 232 g/mol. The largest absolute Gasteiger partial charge is 0.373 e. The predicted molar refractivity (Wildman–Crippen MR) is 68.0 cm³/mol. The van der Waals surface area contributed by atoms with Gasteiger partial charge in [0.15, 0.2) is 0 Å². The van der Waals surface area contributed by atoms with E-state index in [0.717, 1.165) is 25.9 Å². The van der Waals surface area contributed by atoms with Crippen molar-refractivity contribution in [2.24, 2.45) is 0 Å². The lowest BCUT2D eigenvalue weighted by molar-refractivity contribution is -0.120. The van der Waals surface area contributed by atoms with Crippen LogP contribution in [0.1, 0.15) is 49.8 Å². The standard InChI is InChI=1S/C15H20O2/c1-2-5-13(16)8-9-15-14-7-4-3-6-12(14)10-11-17-15/h3-4,6-7,15H,2,5,8-11H2,1H3. The molecule has 0 N–H and O–H groups in total. The molecule has 1 unspecified atom stereocenters. The van der Waals surface area contributed by atoms with Gasteiger partial charge in [0.1, 0.15) is 5.78 Å². The predicted octanol–water partition coefficient (Wildman–Crippen LogP) is 3.45. The molecule has 0 radical (unpaired) electrons. The topological polar surface area (TPSA) is 26.3 Å². The molecule has 1 aliphatic heterocycles.